The Morgan fingerprint density at radius 1 is 1.32 bits per heavy atom. The van der Waals surface area contributed by atoms with Gasteiger partial charge in [-0.25, -0.2) is 0 Å². The van der Waals surface area contributed by atoms with E-state index in [-0.39, 0.29) is 5.97 Å². The van der Waals surface area contributed by atoms with Crippen LogP contribution in [0.15, 0.2) is 0 Å². The predicted molar refractivity (Wildman–Crippen MR) is 76.1 cm³/mol. The highest BCUT2D eigenvalue weighted by atomic mass is 16.5. The van der Waals surface area contributed by atoms with Crippen LogP contribution in [-0.2, 0) is 14.3 Å². The number of carbonyl (C=O) groups is 1. The van der Waals surface area contributed by atoms with E-state index in [1.807, 2.05) is 0 Å². The minimum absolute atomic E-state index is 0.0982. The lowest BCUT2D eigenvalue weighted by Crippen LogP contribution is -2.55. The molecule has 2 atom stereocenters. The molecule has 0 aliphatic heterocycles. The summed E-state index contributed by atoms with van der Waals surface area (Å²) in [5.74, 6) is 0.238. The van der Waals surface area contributed by atoms with E-state index in [0.717, 1.165) is 58.3 Å². The number of ether oxygens (including phenoxy) is 2. The summed E-state index contributed by atoms with van der Waals surface area (Å²) in [5.41, 5.74) is -0.472. The fourth-order valence-electron chi connectivity index (χ4n) is 3.04. The van der Waals surface area contributed by atoms with Gasteiger partial charge in [-0.2, -0.15) is 0 Å². The minimum atomic E-state index is -0.472. The summed E-state index contributed by atoms with van der Waals surface area (Å²) in [5, 5.41) is 3.46. The monoisotopic (exact) mass is 271 g/mol. The molecule has 112 valence electrons. The summed E-state index contributed by atoms with van der Waals surface area (Å²) in [7, 11) is 1.49. The molecular weight excluding hydrogens is 242 g/mol. The molecule has 4 nitrogen and oxygen atoms in total. The molecule has 0 aromatic carbocycles. The lowest BCUT2D eigenvalue weighted by molar-refractivity contribution is -0.150. The maximum atomic E-state index is 12.2. The molecule has 1 aliphatic rings. The number of esters is 1. The van der Waals surface area contributed by atoms with Crippen LogP contribution in [0, 0.1) is 5.92 Å². The van der Waals surface area contributed by atoms with Crippen LogP contribution in [-0.4, -0.2) is 38.4 Å². The van der Waals surface area contributed by atoms with Gasteiger partial charge in [-0.05, 0) is 44.6 Å². The first-order valence-electron chi connectivity index (χ1n) is 7.62. The van der Waals surface area contributed by atoms with Gasteiger partial charge in [0, 0.05) is 13.2 Å². The van der Waals surface area contributed by atoms with Crippen molar-refractivity contribution in [2.75, 3.05) is 26.9 Å². The first kappa shape index (κ1) is 16.4. The Labute approximate surface area is 117 Å². The van der Waals surface area contributed by atoms with Crippen molar-refractivity contribution in [2.24, 2.45) is 5.92 Å². The minimum Gasteiger partial charge on any atom is -0.468 e. The number of nitrogens with one attached hydrogen (secondary N) is 1. The summed E-state index contributed by atoms with van der Waals surface area (Å²) in [6, 6.07) is 0. The first-order valence-corrected chi connectivity index (χ1v) is 7.62. The summed E-state index contributed by atoms with van der Waals surface area (Å²) in [6.45, 7) is 6.64. The van der Waals surface area contributed by atoms with Crippen LogP contribution in [0.2, 0.25) is 0 Å². The van der Waals surface area contributed by atoms with Crippen LogP contribution in [0.25, 0.3) is 0 Å². The van der Waals surface area contributed by atoms with Crippen molar-refractivity contribution < 1.29 is 14.3 Å². The highest BCUT2D eigenvalue weighted by Gasteiger charge is 2.49. The number of hydrogen-bond acceptors (Lipinski definition) is 4. The van der Waals surface area contributed by atoms with Gasteiger partial charge >= 0.3 is 5.97 Å². The SMILES string of the molecule is CCCNC1(C(=O)OC)CCCC1CCOCCC. The normalized spacial score (nSPS) is 26.6. The van der Waals surface area contributed by atoms with Crippen molar-refractivity contribution in [3.63, 3.8) is 0 Å². The van der Waals surface area contributed by atoms with Gasteiger partial charge in [0.05, 0.1) is 7.11 Å². The molecule has 1 saturated carbocycles. The third-order valence-electron chi connectivity index (χ3n) is 4.02. The Morgan fingerprint density at radius 2 is 2.11 bits per heavy atom. The highest BCUT2D eigenvalue weighted by molar-refractivity contribution is 5.81. The van der Waals surface area contributed by atoms with Crippen LogP contribution in [0.3, 0.4) is 0 Å². The van der Waals surface area contributed by atoms with E-state index in [1.165, 1.54) is 7.11 Å². The van der Waals surface area contributed by atoms with Crippen LogP contribution in [0.5, 0.6) is 0 Å². The van der Waals surface area contributed by atoms with Gasteiger partial charge in [-0.15, -0.1) is 0 Å². The van der Waals surface area contributed by atoms with Gasteiger partial charge in [0.2, 0.25) is 0 Å². The Bertz CT molecular complexity index is 270. The van der Waals surface area contributed by atoms with Gasteiger partial charge in [-0.1, -0.05) is 20.3 Å². The largest absolute Gasteiger partial charge is 0.468 e. The Kier molecular flexibility index (Phi) is 7.39. The molecule has 0 saturated heterocycles. The Hall–Kier alpha value is -0.610. The molecule has 0 spiro atoms. The van der Waals surface area contributed by atoms with E-state index in [9.17, 15) is 4.79 Å². The molecule has 1 N–H and O–H groups in total. The van der Waals surface area contributed by atoms with Crippen molar-refractivity contribution in [1.82, 2.24) is 5.32 Å². The van der Waals surface area contributed by atoms with E-state index >= 15 is 0 Å². The van der Waals surface area contributed by atoms with Gasteiger partial charge in [0.25, 0.3) is 0 Å². The third kappa shape index (κ3) is 4.18. The summed E-state index contributed by atoms with van der Waals surface area (Å²) in [6.07, 6.45) is 6.06. The number of carbonyl (C=O) groups excluding carboxylic acids is 1. The molecule has 2 unspecified atom stereocenters. The molecule has 1 rings (SSSR count). The van der Waals surface area contributed by atoms with Crippen molar-refractivity contribution in [1.29, 1.82) is 0 Å². The lowest BCUT2D eigenvalue weighted by Gasteiger charge is -2.34. The molecule has 0 bridgehead atoms. The zero-order valence-electron chi connectivity index (χ0n) is 12.7. The second-order valence-electron chi connectivity index (χ2n) is 5.38. The second kappa shape index (κ2) is 8.54. The van der Waals surface area contributed by atoms with Crippen LogP contribution >= 0.6 is 0 Å². The molecule has 0 heterocycles. The molecule has 0 aromatic rings. The average molecular weight is 271 g/mol. The molecule has 19 heavy (non-hydrogen) atoms. The summed E-state index contributed by atoms with van der Waals surface area (Å²) in [4.78, 5) is 12.2. The van der Waals surface area contributed by atoms with E-state index in [1.54, 1.807) is 0 Å². The standard InChI is InChI=1S/C15H29NO3/c1-4-10-16-15(14(17)18-3)9-6-7-13(15)8-12-19-11-5-2/h13,16H,4-12H2,1-3H3. The average Bonchev–Trinajstić information content (AvgIpc) is 2.84. The van der Waals surface area contributed by atoms with Gasteiger partial charge in [-0.3, -0.25) is 4.79 Å². The molecule has 1 fully saturated rings. The zero-order chi connectivity index (χ0) is 14.1. The van der Waals surface area contributed by atoms with Crippen LogP contribution < -0.4 is 5.32 Å². The van der Waals surface area contributed by atoms with Crippen molar-refractivity contribution >= 4 is 5.97 Å². The van der Waals surface area contributed by atoms with Crippen LogP contribution in [0.4, 0.5) is 0 Å². The quantitative estimate of drug-likeness (QED) is 0.517. The third-order valence-corrected chi connectivity index (χ3v) is 4.02. The van der Waals surface area contributed by atoms with E-state index in [4.69, 9.17) is 9.47 Å². The predicted octanol–water partition coefficient (Wildman–Crippen LogP) is 2.51. The molecule has 0 aromatic heterocycles. The fraction of sp³-hybridized carbons (Fsp3) is 0.933. The number of rotatable bonds is 9. The fourth-order valence-corrected chi connectivity index (χ4v) is 3.04. The number of methoxy groups -OCH3 is 1. The summed E-state index contributed by atoms with van der Waals surface area (Å²) < 4.78 is 10.6. The van der Waals surface area contributed by atoms with E-state index in [0.29, 0.717) is 5.92 Å². The second-order valence-corrected chi connectivity index (χ2v) is 5.38. The smallest absolute Gasteiger partial charge is 0.326 e. The zero-order valence-corrected chi connectivity index (χ0v) is 12.7. The summed E-state index contributed by atoms with van der Waals surface area (Å²) >= 11 is 0. The van der Waals surface area contributed by atoms with Gasteiger partial charge in [0.15, 0.2) is 0 Å². The van der Waals surface area contributed by atoms with Gasteiger partial charge in [0.1, 0.15) is 5.54 Å². The van der Waals surface area contributed by atoms with Crippen molar-refractivity contribution in [3.05, 3.63) is 0 Å². The molecule has 0 radical (unpaired) electrons. The van der Waals surface area contributed by atoms with Crippen LogP contribution in [0.1, 0.15) is 52.4 Å². The van der Waals surface area contributed by atoms with Gasteiger partial charge < -0.3 is 14.8 Å². The van der Waals surface area contributed by atoms with Crippen molar-refractivity contribution in [2.45, 2.75) is 57.9 Å². The highest BCUT2D eigenvalue weighted by Crippen LogP contribution is 2.39. The van der Waals surface area contributed by atoms with E-state index < -0.39 is 5.54 Å². The Balaban J connectivity index is 2.61. The van der Waals surface area contributed by atoms with E-state index in [2.05, 4.69) is 19.2 Å². The lowest BCUT2D eigenvalue weighted by atomic mass is 9.84. The first-order chi connectivity index (χ1) is 9.21. The molecule has 1 aliphatic carbocycles. The molecule has 4 heteroatoms. The molecular formula is C15H29NO3. The number of hydrogen-bond donors (Lipinski definition) is 1. The maximum absolute atomic E-state index is 12.2. The van der Waals surface area contributed by atoms with Crippen molar-refractivity contribution in [3.8, 4) is 0 Å². The molecule has 0 amide bonds. The Morgan fingerprint density at radius 3 is 2.74 bits per heavy atom. The maximum Gasteiger partial charge on any atom is 0.326 e. The topological polar surface area (TPSA) is 47.6 Å².